The number of halogens is 3. The summed E-state index contributed by atoms with van der Waals surface area (Å²) in [7, 11) is 4.46. The van der Waals surface area contributed by atoms with E-state index in [0.717, 1.165) is 12.1 Å². The summed E-state index contributed by atoms with van der Waals surface area (Å²) in [6, 6.07) is 1.89. The zero-order chi connectivity index (χ0) is 28.0. The summed E-state index contributed by atoms with van der Waals surface area (Å²) >= 11 is 0. The third-order valence-corrected chi connectivity index (χ3v) is 6.12. The molecule has 13 heteroatoms. The second-order valence-electron chi connectivity index (χ2n) is 10.1. The van der Waals surface area contributed by atoms with E-state index in [2.05, 4.69) is 20.3 Å². The molecule has 3 heterocycles. The molecule has 1 N–H and O–H groups in total. The Hall–Kier alpha value is -3.77. The van der Waals surface area contributed by atoms with Gasteiger partial charge in [-0.1, -0.05) is 0 Å². The Morgan fingerprint density at radius 1 is 1.11 bits per heavy atom. The molecule has 38 heavy (non-hydrogen) atoms. The van der Waals surface area contributed by atoms with E-state index >= 15 is 0 Å². The summed E-state index contributed by atoms with van der Waals surface area (Å²) in [5.74, 6) is 0.948. The second-order valence-corrected chi connectivity index (χ2v) is 10.1. The molecule has 1 aliphatic heterocycles. The minimum absolute atomic E-state index is 0.0363. The van der Waals surface area contributed by atoms with Crippen LogP contribution in [0.3, 0.4) is 0 Å². The zero-order valence-electron chi connectivity index (χ0n) is 22.4. The molecule has 1 atom stereocenters. The molecule has 0 radical (unpaired) electrons. The van der Waals surface area contributed by atoms with Crippen LogP contribution in [0, 0.1) is 6.92 Å². The van der Waals surface area contributed by atoms with Gasteiger partial charge in [-0.25, -0.2) is 14.8 Å². The Labute approximate surface area is 218 Å². The number of likely N-dealkylation sites (tertiary alicyclic amines) is 1. The number of carbonyl (C=O) groups excluding carboxylic acids is 1. The highest BCUT2D eigenvalue weighted by Crippen LogP contribution is 2.40. The van der Waals surface area contributed by atoms with Crippen LogP contribution in [0.2, 0.25) is 0 Å². The van der Waals surface area contributed by atoms with Gasteiger partial charge in [0, 0.05) is 26.2 Å². The molecule has 0 unspecified atom stereocenters. The van der Waals surface area contributed by atoms with E-state index in [9.17, 15) is 18.0 Å². The highest BCUT2D eigenvalue weighted by atomic mass is 19.4. The summed E-state index contributed by atoms with van der Waals surface area (Å²) in [5.41, 5.74) is -0.00302. The number of hydrogen-bond acceptors (Lipinski definition) is 8. The van der Waals surface area contributed by atoms with Gasteiger partial charge in [-0.05, 0) is 51.8 Å². The van der Waals surface area contributed by atoms with Crippen LogP contribution in [0.25, 0.3) is 22.7 Å². The Bertz CT molecular complexity index is 1370. The number of fused-ring (bicyclic) bond motifs is 1. The Morgan fingerprint density at radius 2 is 1.82 bits per heavy atom. The van der Waals surface area contributed by atoms with Crippen LogP contribution < -0.4 is 14.8 Å². The first-order valence-corrected chi connectivity index (χ1v) is 12.0. The predicted molar refractivity (Wildman–Crippen MR) is 134 cm³/mol. The van der Waals surface area contributed by atoms with Crippen LogP contribution in [0.15, 0.2) is 12.1 Å². The smallest absolute Gasteiger partial charge is 0.416 e. The normalized spacial score (nSPS) is 16.2. The number of carbonyl (C=O) groups is 1. The molecule has 0 bridgehead atoms. The lowest BCUT2D eigenvalue weighted by molar-refractivity contribution is -0.137. The van der Waals surface area contributed by atoms with Gasteiger partial charge in [0.1, 0.15) is 17.2 Å². The molecule has 4 rings (SSSR count). The SMILES string of the molecule is COc1cc(C(F)(F)F)cc(C)c1-c1nc2nc(N[C@@H]3CCN(C(=O)OC(C)(C)C)C3)c(OC)nc2n1C. The van der Waals surface area contributed by atoms with E-state index in [0.29, 0.717) is 47.9 Å². The molecule has 3 aromatic rings. The van der Waals surface area contributed by atoms with Crippen LogP contribution >= 0.6 is 0 Å². The quantitative estimate of drug-likeness (QED) is 0.496. The number of ether oxygens (including phenoxy) is 3. The van der Waals surface area contributed by atoms with Crippen molar-refractivity contribution in [2.75, 3.05) is 32.6 Å². The minimum Gasteiger partial charge on any atom is -0.496 e. The number of nitrogens with one attached hydrogen (secondary N) is 1. The van der Waals surface area contributed by atoms with E-state index in [1.165, 1.54) is 14.2 Å². The predicted octanol–water partition coefficient (Wildman–Crippen LogP) is 4.80. The number of hydrogen-bond donors (Lipinski definition) is 1. The Balaban J connectivity index is 1.66. The largest absolute Gasteiger partial charge is 0.496 e. The first kappa shape index (κ1) is 27.3. The maximum Gasteiger partial charge on any atom is 0.416 e. The van der Waals surface area contributed by atoms with Gasteiger partial charge in [-0.2, -0.15) is 18.2 Å². The molecule has 0 spiro atoms. The van der Waals surface area contributed by atoms with Crippen molar-refractivity contribution in [1.29, 1.82) is 0 Å². The Kier molecular flexibility index (Phi) is 7.06. The van der Waals surface area contributed by atoms with Crippen LogP contribution in [0.1, 0.15) is 38.3 Å². The van der Waals surface area contributed by atoms with Crippen LogP contribution in [0.4, 0.5) is 23.8 Å². The van der Waals surface area contributed by atoms with Gasteiger partial charge in [0.2, 0.25) is 0 Å². The number of imidazole rings is 1. The third-order valence-electron chi connectivity index (χ3n) is 6.12. The minimum atomic E-state index is -4.51. The molecule has 1 aromatic carbocycles. The molecular weight excluding hydrogens is 505 g/mol. The average Bonchev–Trinajstić information content (AvgIpc) is 3.41. The number of aryl methyl sites for hydroxylation is 2. The van der Waals surface area contributed by atoms with Crippen molar-refractivity contribution >= 4 is 23.2 Å². The standard InChI is InChI=1S/C25H31F3N6O4/c1-13-10-14(25(26,27)28)11-16(36-6)17(13)20-31-18-21(33(20)5)32-22(37-7)19(30-18)29-15-8-9-34(12-15)23(35)38-24(2,3)4/h10-11,15H,8-9,12H2,1-7H3,(H,29,30)/t15-/m1/s1. The van der Waals surface area contributed by atoms with Gasteiger partial charge in [0.15, 0.2) is 17.1 Å². The monoisotopic (exact) mass is 536 g/mol. The molecular formula is C25H31F3N6O4. The first-order chi connectivity index (χ1) is 17.7. The number of methoxy groups -OCH3 is 2. The highest BCUT2D eigenvalue weighted by molar-refractivity contribution is 5.80. The number of nitrogens with zero attached hydrogens (tertiary/aromatic N) is 5. The van der Waals surface area contributed by atoms with Crippen molar-refractivity contribution in [3.05, 3.63) is 23.3 Å². The molecule has 10 nitrogen and oxygen atoms in total. The lowest BCUT2D eigenvalue weighted by Gasteiger charge is -2.24. The number of amides is 1. The number of anilines is 1. The topological polar surface area (TPSA) is 104 Å². The zero-order valence-corrected chi connectivity index (χ0v) is 22.4. The lowest BCUT2D eigenvalue weighted by atomic mass is 10.0. The fourth-order valence-electron chi connectivity index (χ4n) is 4.37. The van der Waals surface area contributed by atoms with Crippen molar-refractivity contribution in [2.45, 2.75) is 51.9 Å². The van der Waals surface area contributed by atoms with Gasteiger partial charge in [0.25, 0.3) is 5.88 Å². The van der Waals surface area contributed by atoms with Gasteiger partial charge >= 0.3 is 12.3 Å². The van der Waals surface area contributed by atoms with E-state index < -0.39 is 17.3 Å². The van der Waals surface area contributed by atoms with E-state index in [-0.39, 0.29) is 29.4 Å². The number of rotatable bonds is 5. The summed E-state index contributed by atoms with van der Waals surface area (Å²) in [4.78, 5) is 27.8. The molecule has 2 aromatic heterocycles. The maximum atomic E-state index is 13.4. The average molecular weight is 537 g/mol. The number of benzene rings is 1. The summed E-state index contributed by atoms with van der Waals surface area (Å²) in [5, 5.41) is 3.28. The van der Waals surface area contributed by atoms with Crippen molar-refractivity contribution < 1.29 is 32.2 Å². The summed E-state index contributed by atoms with van der Waals surface area (Å²) in [6.07, 6.45) is -4.23. The first-order valence-electron chi connectivity index (χ1n) is 12.0. The fourth-order valence-corrected chi connectivity index (χ4v) is 4.37. The van der Waals surface area contributed by atoms with Crippen molar-refractivity contribution in [2.24, 2.45) is 7.05 Å². The number of alkyl halides is 3. The van der Waals surface area contributed by atoms with E-state index in [4.69, 9.17) is 14.2 Å². The van der Waals surface area contributed by atoms with Crippen LogP contribution in [-0.4, -0.2) is 69.5 Å². The van der Waals surface area contributed by atoms with Gasteiger partial charge in [0.05, 0.1) is 25.3 Å². The number of aromatic nitrogens is 4. The van der Waals surface area contributed by atoms with E-state index in [1.54, 1.807) is 23.4 Å². The van der Waals surface area contributed by atoms with E-state index in [1.807, 2.05) is 20.8 Å². The molecule has 206 valence electrons. The summed E-state index contributed by atoms with van der Waals surface area (Å²) in [6.45, 7) is 7.94. The van der Waals surface area contributed by atoms with Gasteiger partial charge < -0.3 is 29.0 Å². The van der Waals surface area contributed by atoms with Gasteiger partial charge in [-0.15, -0.1) is 0 Å². The molecule has 0 saturated carbocycles. The van der Waals surface area contributed by atoms with Crippen molar-refractivity contribution in [3.63, 3.8) is 0 Å². The maximum absolute atomic E-state index is 13.4. The molecule has 1 saturated heterocycles. The Morgan fingerprint density at radius 3 is 2.42 bits per heavy atom. The summed E-state index contributed by atoms with van der Waals surface area (Å²) < 4.78 is 57.9. The van der Waals surface area contributed by atoms with Gasteiger partial charge in [-0.3, -0.25) is 0 Å². The molecule has 1 fully saturated rings. The van der Waals surface area contributed by atoms with Crippen molar-refractivity contribution in [3.8, 4) is 23.0 Å². The lowest BCUT2D eigenvalue weighted by Crippen LogP contribution is -2.36. The molecule has 0 aliphatic carbocycles. The second kappa shape index (κ2) is 9.84. The van der Waals surface area contributed by atoms with Crippen LogP contribution in [-0.2, 0) is 18.0 Å². The molecule has 1 aliphatic rings. The fraction of sp³-hybridized carbons (Fsp3) is 0.520. The highest BCUT2D eigenvalue weighted by Gasteiger charge is 2.34. The van der Waals surface area contributed by atoms with Crippen molar-refractivity contribution in [1.82, 2.24) is 24.4 Å². The third kappa shape index (κ3) is 5.41. The van der Waals surface area contributed by atoms with Crippen LogP contribution in [0.5, 0.6) is 11.6 Å². The molecule has 1 amide bonds.